The van der Waals surface area contributed by atoms with Gasteiger partial charge in [-0.1, -0.05) is 43.3 Å². The van der Waals surface area contributed by atoms with Gasteiger partial charge in [-0.15, -0.1) is 0 Å². The van der Waals surface area contributed by atoms with Crippen molar-refractivity contribution in [2.24, 2.45) is 0 Å². The molecule has 0 aromatic heterocycles. The zero-order valence-electron chi connectivity index (χ0n) is 15.0. The van der Waals surface area contributed by atoms with Gasteiger partial charge in [-0.2, -0.15) is 0 Å². The Labute approximate surface area is 154 Å². The van der Waals surface area contributed by atoms with E-state index in [1.54, 1.807) is 42.5 Å². The molecule has 0 saturated heterocycles. The molecule has 1 aliphatic heterocycles. The largest absolute Gasteiger partial charge is 0.331 e. The van der Waals surface area contributed by atoms with Crippen molar-refractivity contribution in [1.82, 2.24) is 0 Å². The summed E-state index contributed by atoms with van der Waals surface area (Å²) in [6.07, 6.45) is 0.0881. The molecular formula is C18H22NO5PS. The van der Waals surface area contributed by atoms with E-state index in [1.807, 2.05) is 19.1 Å². The maximum Gasteiger partial charge on any atom is 0.331 e. The zero-order valence-corrected chi connectivity index (χ0v) is 16.7. The maximum atomic E-state index is 13.2. The first-order chi connectivity index (χ1) is 12.3. The van der Waals surface area contributed by atoms with Crippen LogP contribution >= 0.6 is 7.60 Å². The lowest BCUT2D eigenvalue weighted by Gasteiger charge is -2.28. The lowest BCUT2D eigenvalue weighted by molar-refractivity contribution is 0.268. The molecule has 0 spiro atoms. The van der Waals surface area contributed by atoms with E-state index in [1.165, 1.54) is 18.5 Å². The first-order valence-electron chi connectivity index (χ1n) is 8.14. The fraction of sp³-hybridized carbons (Fsp3) is 0.333. The molecule has 1 aliphatic rings. The number of anilines is 1. The molecule has 0 fully saturated rings. The molecule has 1 unspecified atom stereocenters. The van der Waals surface area contributed by atoms with Gasteiger partial charge in [0.15, 0.2) is 0 Å². The molecule has 0 amide bonds. The van der Waals surface area contributed by atoms with E-state index in [0.717, 1.165) is 5.56 Å². The van der Waals surface area contributed by atoms with Crippen molar-refractivity contribution in [1.29, 1.82) is 0 Å². The van der Waals surface area contributed by atoms with Gasteiger partial charge in [0.25, 0.3) is 10.0 Å². The molecular weight excluding hydrogens is 373 g/mol. The molecule has 26 heavy (non-hydrogen) atoms. The van der Waals surface area contributed by atoms with E-state index in [9.17, 15) is 13.0 Å². The second-order valence-corrected chi connectivity index (χ2v) is 10.7. The van der Waals surface area contributed by atoms with Crippen LogP contribution in [0.2, 0.25) is 0 Å². The second kappa shape index (κ2) is 6.82. The standard InChI is InChI=1S/C18H22NO5PS/c1-18(14-25(20,23-2)24-3)13-19(17-12-8-7-11-16(17)18)26(21,22)15-9-5-4-6-10-15/h4-12H,13-14H2,1-3H3. The minimum Gasteiger partial charge on any atom is -0.312 e. The summed E-state index contributed by atoms with van der Waals surface area (Å²) >= 11 is 0. The van der Waals surface area contributed by atoms with Crippen LogP contribution in [0.3, 0.4) is 0 Å². The second-order valence-electron chi connectivity index (χ2n) is 6.54. The summed E-state index contributed by atoms with van der Waals surface area (Å²) in [4.78, 5) is 0.223. The highest BCUT2D eigenvalue weighted by atomic mass is 32.2. The Bertz CT molecular complexity index is 939. The molecule has 0 bridgehead atoms. The summed E-state index contributed by atoms with van der Waals surface area (Å²) in [5.74, 6) is 0. The fourth-order valence-electron chi connectivity index (χ4n) is 3.39. The number of nitrogens with zero attached hydrogens (tertiary/aromatic N) is 1. The van der Waals surface area contributed by atoms with Gasteiger partial charge in [0.1, 0.15) is 0 Å². The first-order valence-corrected chi connectivity index (χ1v) is 11.3. The molecule has 0 aliphatic carbocycles. The van der Waals surface area contributed by atoms with E-state index < -0.39 is 23.0 Å². The predicted molar refractivity (Wildman–Crippen MR) is 101 cm³/mol. The highest BCUT2D eigenvalue weighted by Crippen LogP contribution is 2.55. The molecule has 3 rings (SSSR count). The summed E-state index contributed by atoms with van der Waals surface area (Å²) in [6.45, 7) is 2.05. The SMILES string of the molecule is COP(=O)(CC1(C)CN(S(=O)(=O)c2ccccc2)c2ccccc21)OC. The zero-order chi connectivity index (χ0) is 19.0. The Morgan fingerprint density at radius 3 is 2.23 bits per heavy atom. The van der Waals surface area contributed by atoms with Gasteiger partial charge >= 0.3 is 7.60 Å². The van der Waals surface area contributed by atoms with E-state index in [0.29, 0.717) is 5.69 Å². The van der Waals surface area contributed by atoms with Crippen LogP contribution in [0.1, 0.15) is 12.5 Å². The molecule has 0 N–H and O–H groups in total. The van der Waals surface area contributed by atoms with Crippen molar-refractivity contribution in [3.8, 4) is 0 Å². The van der Waals surface area contributed by atoms with E-state index in [4.69, 9.17) is 9.05 Å². The summed E-state index contributed by atoms with van der Waals surface area (Å²) in [7, 11) is -4.37. The Hall–Kier alpha value is -1.66. The molecule has 2 aromatic carbocycles. The maximum absolute atomic E-state index is 13.2. The van der Waals surface area contributed by atoms with Crippen LogP contribution in [-0.4, -0.2) is 35.3 Å². The quantitative estimate of drug-likeness (QED) is 0.699. The van der Waals surface area contributed by atoms with Crippen LogP contribution in [0, 0.1) is 0 Å². The van der Waals surface area contributed by atoms with Crippen LogP contribution < -0.4 is 4.31 Å². The number of sulfonamides is 1. The van der Waals surface area contributed by atoms with Gasteiger partial charge in [0.2, 0.25) is 0 Å². The summed E-state index contributed by atoms with van der Waals surface area (Å²) in [6, 6.07) is 15.6. The van der Waals surface area contributed by atoms with Crippen LogP contribution in [0.15, 0.2) is 59.5 Å². The molecule has 140 valence electrons. The molecule has 6 nitrogen and oxygen atoms in total. The molecule has 2 aromatic rings. The topological polar surface area (TPSA) is 72.9 Å². The van der Waals surface area contributed by atoms with Gasteiger partial charge in [0, 0.05) is 26.2 Å². The summed E-state index contributed by atoms with van der Waals surface area (Å²) < 4.78 is 50.7. The van der Waals surface area contributed by atoms with Gasteiger partial charge in [-0.05, 0) is 23.8 Å². The number of hydrogen-bond donors (Lipinski definition) is 0. The normalized spacial score (nSPS) is 20.2. The Kier molecular flexibility index (Phi) is 5.01. The van der Waals surface area contributed by atoms with E-state index in [2.05, 4.69) is 0 Å². The third-order valence-corrected chi connectivity index (χ3v) is 8.72. The van der Waals surface area contributed by atoms with Crippen molar-refractivity contribution < 1.29 is 22.0 Å². The number of rotatable bonds is 6. The Morgan fingerprint density at radius 2 is 1.62 bits per heavy atom. The monoisotopic (exact) mass is 395 g/mol. The highest BCUT2D eigenvalue weighted by molar-refractivity contribution is 7.92. The predicted octanol–water partition coefficient (Wildman–Crippen LogP) is 3.64. The third-order valence-electron chi connectivity index (χ3n) is 4.75. The molecule has 0 radical (unpaired) electrons. The third kappa shape index (κ3) is 3.21. The Morgan fingerprint density at radius 1 is 1.04 bits per heavy atom. The number of fused-ring (bicyclic) bond motifs is 1. The smallest absolute Gasteiger partial charge is 0.312 e. The van der Waals surface area contributed by atoms with Gasteiger partial charge in [-0.25, -0.2) is 8.42 Å². The van der Waals surface area contributed by atoms with E-state index >= 15 is 0 Å². The van der Waals surface area contributed by atoms with Crippen LogP contribution in [0.25, 0.3) is 0 Å². The molecule has 8 heteroatoms. The fourth-order valence-corrected chi connectivity index (χ4v) is 6.55. The minimum absolute atomic E-state index is 0.0881. The van der Waals surface area contributed by atoms with Crippen molar-refractivity contribution in [2.75, 3.05) is 31.2 Å². The average Bonchev–Trinajstić information content (AvgIpc) is 2.96. The summed E-state index contributed by atoms with van der Waals surface area (Å²) in [5.41, 5.74) is 0.714. The molecule has 1 atom stereocenters. The van der Waals surface area contributed by atoms with E-state index in [-0.39, 0.29) is 17.6 Å². The van der Waals surface area contributed by atoms with Gasteiger partial charge in [0.05, 0.1) is 16.7 Å². The highest BCUT2D eigenvalue weighted by Gasteiger charge is 2.47. The van der Waals surface area contributed by atoms with Crippen LogP contribution in [-0.2, 0) is 29.1 Å². The van der Waals surface area contributed by atoms with Gasteiger partial charge < -0.3 is 9.05 Å². The molecule has 1 heterocycles. The average molecular weight is 395 g/mol. The van der Waals surface area contributed by atoms with Crippen molar-refractivity contribution in [3.63, 3.8) is 0 Å². The lowest BCUT2D eigenvalue weighted by Crippen LogP contribution is -2.37. The number of hydrogen-bond acceptors (Lipinski definition) is 5. The summed E-state index contributed by atoms with van der Waals surface area (Å²) in [5, 5.41) is 0. The van der Waals surface area contributed by atoms with Crippen molar-refractivity contribution in [3.05, 3.63) is 60.2 Å². The minimum atomic E-state index is -3.73. The number of para-hydroxylation sites is 1. The van der Waals surface area contributed by atoms with Gasteiger partial charge in [-0.3, -0.25) is 8.87 Å². The van der Waals surface area contributed by atoms with Crippen molar-refractivity contribution >= 4 is 23.3 Å². The lowest BCUT2D eigenvalue weighted by atomic mass is 9.87. The first kappa shape index (κ1) is 19.1. The number of benzene rings is 2. The van der Waals surface area contributed by atoms with Crippen LogP contribution in [0.5, 0.6) is 0 Å². The Balaban J connectivity index is 2.08. The van der Waals surface area contributed by atoms with Crippen molar-refractivity contribution in [2.45, 2.75) is 17.2 Å². The van der Waals surface area contributed by atoms with Crippen LogP contribution in [0.4, 0.5) is 5.69 Å². The molecule has 0 saturated carbocycles.